The number of aliphatic carboxylic acids is 1. The Morgan fingerprint density at radius 3 is 2.42 bits per heavy atom. The van der Waals surface area contributed by atoms with Crippen LogP contribution in [0.5, 0.6) is 0 Å². The van der Waals surface area contributed by atoms with Gasteiger partial charge in [-0.3, -0.25) is 0 Å². The molecule has 2 unspecified atom stereocenters. The van der Waals surface area contributed by atoms with Crippen LogP contribution in [0, 0.1) is 5.41 Å². The lowest BCUT2D eigenvalue weighted by atomic mass is 9.77. The van der Waals surface area contributed by atoms with E-state index < -0.39 is 17.0 Å². The number of carbonyl (C=O) groups is 1. The molecule has 1 heterocycles. The van der Waals surface area contributed by atoms with Crippen LogP contribution >= 0.6 is 0 Å². The largest absolute Gasteiger partial charge is 0.479 e. The SMILES string of the molecule is CC1(C)C2CCC1(C(=O)O)OO2. The van der Waals surface area contributed by atoms with Crippen LogP contribution in [-0.2, 0) is 14.6 Å². The summed E-state index contributed by atoms with van der Waals surface area (Å²) in [7, 11) is 0. The van der Waals surface area contributed by atoms with Crippen LogP contribution in [0.1, 0.15) is 26.7 Å². The summed E-state index contributed by atoms with van der Waals surface area (Å²) in [5.74, 6) is -0.910. The second kappa shape index (κ2) is 2.00. The zero-order valence-corrected chi connectivity index (χ0v) is 7.16. The molecule has 1 aliphatic carbocycles. The molecule has 0 spiro atoms. The molecule has 2 atom stereocenters. The Labute approximate surface area is 70.4 Å². The van der Waals surface area contributed by atoms with E-state index in [0.29, 0.717) is 6.42 Å². The molecule has 2 rings (SSSR count). The van der Waals surface area contributed by atoms with Gasteiger partial charge >= 0.3 is 5.97 Å². The Kier molecular flexibility index (Phi) is 1.34. The molecule has 1 saturated carbocycles. The van der Waals surface area contributed by atoms with Crippen molar-refractivity contribution in [2.75, 3.05) is 0 Å². The van der Waals surface area contributed by atoms with Crippen molar-refractivity contribution in [2.24, 2.45) is 5.41 Å². The fourth-order valence-corrected chi connectivity index (χ4v) is 2.15. The Morgan fingerprint density at radius 1 is 1.58 bits per heavy atom. The van der Waals surface area contributed by atoms with Crippen LogP contribution in [0.2, 0.25) is 0 Å². The summed E-state index contributed by atoms with van der Waals surface area (Å²) in [5, 5.41) is 9.02. The molecule has 0 amide bonds. The highest BCUT2D eigenvalue weighted by molar-refractivity contribution is 5.79. The number of carboxylic acids is 1. The second-order valence-corrected chi connectivity index (χ2v) is 4.06. The molecule has 0 aromatic rings. The van der Waals surface area contributed by atoms with E-state index in [1.807, 2.05) is 13.8 Å². The predicted octanol–water partition coefficient (Wildman–Crippen LogP) is 0.960. The minimum atomic E-state index is -1.10. The van der Waals surface area contributed by atoms with Crippen LogP contribution in [0.4, 0.5) is 0 Å². The number of carboxylic acid groups (broad SMARTS) is 1. The van der Waals surface area contributed by atoms with Crippen molar-refractivity contribution < 1.29 is 19.7 Å². The van der Waals surface area contributed by atoms with Crippen molar-refractivity contribution in [1.82, 2.24) is 0 Å². The first-order chi connectivity index (χ1) is 5.51. The van der Waals surface area contributed by atoms with Crippen LogP contribution in [0.15, 0.2) is 0 Å². The monoisotopic (exact) mass is 172 g/mol. The first-order valence-corrected chi connectivity index (χ1v) is 4.08. The van der Waals surface area contributed by atoms with Gasteiger partial charge in [0.2, 0.25) is 5.60 Å². The number of fused-ring (bicyclic) bond motifs is 2. The number of hydrogen-bond donors (Lipinski definition) is 1. The lowest BCUT2D eigenvalue weighted by molar-refractivity contribution is -0.341. The van der Waals surface area contributed by atoms with Crippen molar-refractivity contribution in [1.29, 1.82) is 0 Å². The average Bonchev–Trinajstić information content (AvgIpc) is 2.40. The van der Waals surface area contributed by atoms with Crippen molar-refractivity contribution in [3.05, 3.63) is 0 Å². The Balaban J connectivity index is 2.43. The van der Waals surface area contributed by atoms with Crippen LogP contribution < -0.4 is 0 Å². The fraction of sp³-hybridized carbons (Fsp3) is 0.875. The van der Waals surface area contributed by atoms with Gasteiger partial charge in [0.1, 0.15) is 6.10 Å². The van der Waals surface area contributed by atoms with E-state index >= 15 is 0 Å². The quantitative estimate of drug-likeness (QED) is 0.598. The molecular formula is C8H12O4. The summed E-state index contributed by atoms with van der Waals surface area (Å²) >= 11 is 0. The van der Waals surface area contributed by atoms with Crippen LogP contribution in [-0.4, -0.2) is 22.8 Å². The lowest BCUT2D eigenvalue weighted by Gasteiger charge is -2.28. The molecule has 1 N–H and O–H groups in total. The normalized spacial score (nSPS) is 43.3. The third kappa shape index (κ3) is 0.630. The Hall–Kier alpha value is -0.610. The summed E-state index contributed by atoms with van der Waals surface area (Å²) in [5.41, 5.74) is -1.50. The smallest absolute Gasteiger partial charge is 0.340 e. The maximum Gasteiger partial charge on any atom is 0.340 e. The average molecular weight is 172 g/mol. The van der Waals surface area contributed by atoms with Gasteiger partial charge in [0.15, 0.2) is 0 Å². The van der Waals surface area contributed by atoms with E-state index in [2.05, 4.69) is 0 Å². The van der Waals surface area contributed by atoms with Gasteiger partial charge in [-0.1, -0.05) is 13.8 Å². The highest BCUT2D eigenvalue weighted by Crippen LogP contribution is 2.55. The maximum atomic E-state index is 11.0. The van der Waals surface area contributed by atoms with Gasteiger partial charge in [0, 0.05) is 5.41 Å². The number of rotatable bonds is 1. The van der Waals surface area contributed by atoms with Gasteiger partial charge in [-0.05, 0) is 12.8 Å². The summed E-state index contributed by atoms with van der Waals surface area (Å²) < 4.78 is 0. The maximum absolute atomic E-state index is 11.0. The predicted molar refractivity (Wildman–Crippen MR) is 39.3 cm³/mol. The van der Waals surface area contributed by atoms with E-state index in [0.717, 1.165) is 6.42 Å². The molecule has 68 valence electrons. The van der Waals surface area contributed by atoms with E-state index in [4.69, 9.17) is 14.9 Å². The zero-order chi connectivity index (χ0) is 8.98. The molecule has 1 saturated heterocycles. The highest BCUT2D eigenvalue weighted by atomic mass is 17.2. The third-order valence-electron chi connectivity index (χ3n) is 3.26. The molecule has 0 radical (unpaired) electrons. The van der Waals surface area contributed by atoms with Gasteiger partial charge in [0.05, 0.1) is 0 Å². The molecular weight excluding hydrogens is 160 g/mol. The molecule has 4 heteroatoms. The third-order valence-corrected chi connectivity index (χ3v) is 3.26. The summed E-state index contributed by atoms with van der Waals surface area (Å²) in [4.78, 5) is 20.9. The van der Waals surface area contributed by atoms with Gasteiger partial charge in [-0.25, -0.2) is 14.6 Å². The molecule has 0 aromatic heterocycles. The summed E-state index contributed by atoms with van der Waals surface area (Å²) in [6.07, 6.45) is 1.27. The first-order valence-electron chi connectivity index (χ1n) is 4.08. The summed E-state index contributed by atoms with van der Waals surface area (Å²) in [6, 6.07) is 0. The zero-order valence-electron chi connectivity index (χ0n) is 7.16. The van der Waals surface area contributed by atoms with Crippen LogP contribution in [0.3, 0.4) is 0 Å². The van der Waals surface area contributed by atoms with E-state index in [1.165, 1.54) is 0 Å². The lowest BCUT2D eigenvalue weighted by Crippen LogP contribution is -2.47. The molecule has 1 aliphatic heterocycles. The van der Waals surface area contributed by atoms with E-state index in [9.17, 15) is 4.79 Å². The van der Waals surface area contributed by atoms with Crippen molar-refractivity contribution in [3.63, 3.8) is 0 Å². The second-order valence-electron chi connectivity index (χ2n) is 4.06. The molecule has 2 fully saturated rings. The minimum Gasteiger partial charge on any atom is -0.479 e. The fourth-order valence-electron chi connectivity index (χ4n) is 2.15. The molecule has 2 aliphatic rings. The highest BCUT2D eigenvalue weighted by Gasteiger charge is 2.67. The first kappa shape index (κ1) is 8.01. The van der Waals surface area contributed by atoms with Crippen molar-refractivity contribution >= 4 is 5.97 Å². The van der Waals surface area contributed by atoms with Gasteiger partial charge in [-0.15, -0.1) is 0 Å². The van der Waals surface area contributed by atoms with Gasteiger partial charge < -0.3 is 5.11 Å². The summed E-state index contributed by atoms with van der Waals surface area (Å²) in [6.45, 7) is 3.76. The topological polar surface area (TPSA) is 55.8 Å². The van der Waals surface area contributed by atoms with E-state index in [1.54, 1.807) is 0 Å². The number of hydrogen-bond acceptors (Lipinski definition) is 3. The molecule has 4 nitrogen and oxygen atoms in total. The van der Waals surface area contributed by atoms with Gasteiger partial charge in [0.25, 0.3) is 0 Å². The Morgan fingerprint density at radius 2 is 2.25 bits per heavy atom. The minimum absolute atomic E-state index is 0.0615. The molecule has 2 bridgehead atoms. The van der Waals surface area contributed by atoms with Gasteiger partial charge in [-0.2, -0.15) is 0 Å². The van der Waals surface area contributed by atoms with Crippen molar-refractivity contribution in [2.45, 2.75) is 38.4 Å². The Bertz CT molecular complexity index is 225. The molecule has 12 heavy (non-hydrogen) atoms. The van der Waals surface area contributed by atoms with E-state index in [-0.39, 0.29) is 6.10 Å². The molecule has 0 aromatic carbocycles. The van der Waals surface area contributed by atoms with Crippen LogP contribution in [0.25, 0.3) is 0 Å². The van der Waals surface area contributed by atoms with Crippen molar-refractivity contribution in [3.8, 4) is 0 Å². The standard InChI is InChI=1S/C8H12O4/c1-7(2)5-3-4-8(7,6(9)10)12-11-5/h5H,3-4H2,1-2H3,(H,9,10).